The summed E-state index contributed by atoms with van der Waals surface area (Å²) >= 11 is 0. The van der Waals surface area contributed by atoms with Crippen LogP contribution in [0.1, 0.15) is 48.4 Å². The molecule has 0 aliphatic rings. The minimum atomic E-state index is -0.605. The molecule has 0 unspecified atom stereocenters. The molecule has 116 valence electrons. The van der Waals surface area contributed by atoms with Crippen LogP contribution in [0.5, 0.6) is 0 Å². The van der Waals surface area contributed by atoms with E-state index in [1.807, 2.05) is 18.2 Å². The first kappa shape index (κ1) is 16.1. The Morgan fingerprint density at radius 2 is 1.73 bits per heavy atom. The van der Waals surface area contributed by atoms with Gasteiger partial charge in [-0.3, -0.25) is 10.0 Å². The summed E-state index contributed by atoms with van der Waals surface area (Å²) in [6.07, 6.45) is 5.56. The summed E-state index contributed by atoms with van der Waals surface area (Å²) in [7, 11) is 0. The van der Waals surface area contributed by atoms with Crippen LogP contribution in [0.2, 0.25) is 0 Å². The Morgan fingerprint density at radius 3 is 2.23 bits per heavy atom. The van der Waals surface area contributed by atoms with Crippen LogP contribution in [0.15, 0.2) is 42.7 Å². The second kappa shape index (κ2) is 7.13. The molecular formula is C17H21N3O2. The topological polar surface area (TPSA) is 75.1 Å². The van der Waals surface area contributed by atoms with Crippen molar-refractivity contribution in [2.45, 2.75) is 38.5 Å². The molecule has 0 bridgehead atoms. The van der Waals surface area contributed by atoms with Gasteiger partial charge in [-0.2, -0.15) is 0 Å². The number of carbonyl (C=O) groups excluding carboxylic acids is 1. The van der Waals surface area contributed by atoms with Gasteiger partial charge >= 0.3 is 0 Å². The summed E-state index contributed by atoms with van der Waals surface area (Å²) in [5.74, 6) is 0.0916. The molecule has 1 aromatic carbocycles. The summed E-state index contributed by atoms with van der Waals surface area (Å²) in [5.41, 5.74) is 3.09. The number of amides is 1. The van der Waals surface area contributed by atoms with E-state index in [1.165, 1.54) is 18.0 Å². The van der Waals surface area contributed by atoms with Crippen LogP contribution in [0.3, 0.4) is 0 Å². The number of aromatic nitrogens is 2. The first-order valence-corrected chi connectivity index (χ1v) is 7.46. The van der Waals surface area contributed by atoms with Crippen LogP contribution in [0.25, 0.3) is 0 Å². The Labute approximate surface area is 130 Å². The Balaban J connectivity index is 2.27. The summed E-state index contributed by atoms with van der Waals surface area (Å²) in [5, 5.41) is 8.61. The standard InChI is InChI=1S/C17H21N3O2/c1-3-17(4-2,14-8-6-5-7-9-14)10-15-18-11-13(12-19-15)16(21)20-22/h5-9,11-12,22H,3-4,10H2,1-2H3,(H,20,21). The third kappa shape index (κ3) is 3.31. The first-order chi connectivity index (χ1) is 10.6. The van der Waals surface area contributed by atoms with Crippen LogP contribution in [-0.4, -0.2) is 21.1 Å². The molecule has 0 radical (unpaired) electrons. The molecule has 0 saturated carbocycles. The second-order valence-electron chi connectivity index (χ2n) is 5.36. The monoisotopic (exact) mass is 299 g/mol. The average molecular weight is 299 g/mol. The summed E-state index contributed by atoms with van der Waals surface area (Å²) in [6, 6.07) is 10.4. The summed E-state index contributed by atoms with van der Waals surface area (Å²) in [4.78, 5) is 19.8. The smallest absolute Gasteiger partial charge is 0.277 e. The Kier molecular flexibility index (Phi) is 5.22. The van der Waals surface area contributed by atoms with Crippen molar-refractivity contribution in [1.29, 1.82) is 0 Å². The lowest BCUT2D eigenvalue weighted by Crippen LogP contribution is -2.28. The van der Waals surface area contributed by atoms with Gasteiger partial charge in [0.15, 0.2) is 0 Å². The van der Waals surface area contributed by atoms with Gasteiger partial charge in [-0.05, 0) is 18.4 Å². The van der Waals surface area contributed by atoms with Crippen molar-refractivity contribution < 1.29 is 10.0 Å². The van der Waals surface area contributed by atoms with E-state index in [0.29, 0.717) is 12.2 Å². The van der Waals surface area contributed by atoms with Gasteiger partial charge in [-0.1, -0.05) is 44.2 Å². The molecule has 0 fully saturated rings. The van der Waals surface area contributed by atoms with Crippen LogP contribution < -0.4 is 5.48 Å². The van der Waals surface area contributed by atoms with Gasteiger partial charge in [0.2, 0.25) is 0 Å². The zero-order valence-electron chi connectivity index (χ0n) is 12.9. The third-order valence-corrected chi connectivity index (χ3v) is 4.31. The zero-order chi connectivity index (χ0) is 16.0. The number of rotatable bonds is 6. The van der Waals surface area contributed by atoms with E-state index in [4.69, 9.17) is 5.21 Å². The largest absolute Gasteiger partial charge is 0.288 e. The second-order valence-corrected chi connectivity index (χ2v) is 5.36. The number of benzene rings is 1. The molecule has 0 atom stereocenters. The van der Waals surface area contributed by atoms with E-state index in [9.17, 15) is 4.79 Å². The van der Waals surface area contributed by atoms with Gasteiger partial charge in [0.05, 0.1) is 5.56 Å². The van der Waals surface area contributed by atoms with E-state index in [-0.39, 0.29) is 11.0 Å². The fourth-order valence-electron chi connectivity index (χ4n) is 2.73. The average Bonchev–Trinajstić information content (AvgIpc) is 2.60. The van der Waals surface area contributed by atoms with Crippen LogP contribution in [-0.2, 0) is 11.8 Å². The third-order valence-electron chi connectivity index (χ3n) is 4.31. The highest BCUT2D eigenvalue weighted by Gasteiger charge is 2.29. The van der Waals surface area contributed by atoms with Crippen molar-refractivity contribution in [3.63, 3.8) is 0 Å². The van der Waals surface area contributed by atoms with Gasteiger partial charge in [-0.25, -0.2) is 15.4 Å². The van der Waals surface area contributed by atoms with Crippen LogP contribution in [0, 0.1) is 0 Å². The van der Waals surface area contributed by atoms with Crippen molar-refractivity contribution >= 4 is 5.91 Å². The molecular weight excluding hydrogens is 278 g/mol. The predicted octanol–water partition coefficient (Wildman–Crippen LogP) is 2.90. The lowest BCUT2D eigenvalue weighted by molar-refractivity contribution is 0.0705. The molecule has 2 N–H and O–H groups in total. The molecule has 0 spiro atoms. The number of hydrogen-bond acceptors (Lipinski definition) is 4. The van der Waals surface area contributed by atoms with Crippen LogP contribution >= 0.6 is 0 Å². The number of nitrogens with one attached hydrogen (secondary N) is 1. The van der Waals surface area contributed by atoms with Crippen molar-refractivity contribution in [3.05, 3.63) is 59.7 Å². The van der Waals surface area contributed by atoms with Gasteiger partial charge < -0.3 is 0 Å². The molecule has 1 heterocycles. The molecule has 2 aromatic rings. The lowest BCUT2D eigenvalue weighted by atomic mass is 9.73. The van der Waals surface area contributed by atoms with Crippen LogP contribution in [0.4, 0.5) is 0 Å². The Bertz CT molecular complexity index is 608. The fourth-order valence-corrected chi connectivity index (χ4v) is 2.73. The highest BCUT2D eigenvalue weighted by molar-refractivity contribution is 5.92. The van der Waals surface area contributed by atoms with Gasteiger partial charge in [0.25, 0.3) is 5.91 Å². The number of hydroxylamine groups is 1. The van der Waals surface area contributed by atoms with E-state index >= 15 is 0 Å². The Hall–Kier alpha value is -2.27. The van der Waals surface area contributed by atoms with Gasteiger partial charge in [0.1, 0.15) is 5.82 Å². The number of nitrogens with zero attached hydrogens (tertiary/aromatic N) is 2. The van der Waals surface area contributed by atoms with Crippen molar-refractivity contribution in [2.24, 2.45) is 0 Å². The summed E-state index contributed by atoms with van der Waals surface area (Å²) in [6.45, 7) is 4.34. The lowest BCUT2D eigenvalue weighted by Gasteiger charge is -2.31. The van der Waals surface area contributed by atoms with E-state index in [1.54, 1.807) is 5.48 Å². The molecule has 0 saturated heterocycles. The number of hydrogen-bond donors (Lipinski definition) is 2. The quantitative estimate of drug-likeness (QED) is 0.635. The zero-order valence-corrected chi connectivity index (χ0v) is 12.9. The molecule has 22 heavy (non-hydrogen) atoms. The fraction of sp³-hybridized carbons (Fsp3) is 0.353. The summed E-state index contributed by atoms with van der Waals surface area (Å²) < 4.78 is 0. The van der Waals surface area contributed by atoms with Gasteiger partial charge in [-0.15, -0.1) is 0 Å². The predicted molar refractivity (Wildman–Crippen MR) is 83.7 cm³/mol. The van der Waals surface area contributed by atoms with E-state index in [0.717, 1.165) is 12.8 Å². The minimum absolute atomic E-state index is 0.0119. The SMILES string of the molecule is CCC(CC)(Cc1ncc(C(=O)NO)cn1)c1ccccc1. The maximum Gasteiger partial charge on any atom is 0.277 e. The van der Waals surface area contributed by atoms with E-state index < -0.39 is 5.91 Å². The highest BCUT2D eigenvalue weighted by Crippen LogP contribution is 2.34. The minimum Gasteiger partial charge on any atom is -0.288 e. The molecule has 0 aliphatic heterocycles. The molecule has 2 rings (SSSR count). The maximum absolute atomic E-state index is 11.3. The molecule has 5 heteroatoms. The molecule has 5 nitrogen and oxygen atoms in total. The van der Waals surface area contributed by atoms with Crippen molar-refractivity contribution in [3.8, 4) is 0 Å². The normalized spacial score (nSPS) is 11.2. The molecule has 1 amide bonds. The Morgan fingerprint density at radius 1 is 1.14 bits per heavy atom. The maximum atomic E-state index is 11.3. The highest BCUT2D eigenvalue weighted by atomic mass is 16.5. The van der Waals surface area contributed by atoms with Gasteiger partial charge in [0, 0.05) is 24.2 Å². The first-order valence-electron chi connectivity index (χ1n) is 7.46. The van der Waals surface area contributed by atoms with E-state index in [2.05, 4.69) is 35.9 Å². The number of carbonyl (C=O) groups is 1. The molecule has 1 aromatic heterocycles. The molecule has 0 aliphatic carbocycles. The van der Waals surface area contributed by atoms with Crippen molar-refractivity contribution in [1.82, 2.24) is 15.4 Å². The van der Waals surface area contributed by atoms with Crippen molar-refractivity contribution in [2.75, 3.05) is 0 Å².